The Kier molecular flexibility index (Phi) is 6.04. The normalized spacial score (nSPS) is 21.1. The van der Waals surface area contributed by atoms with Gasteiger partial charge in [-0.1, -0.05) is 18.6 Å². The Hall–Kier alpha value is -3.89. The van der Waals surface area contributed by atoms with Crippen molar-refractivity contribution in [3.63, 3.8) is 0 Å². The van der Waals surface area contributed by atoms with Crippen LogP contribution in [0.15, 0.2) is 42.7 Å². The maximum absolute atomic E-state index is 14.4. The first-order valence-corrected chi connectivity index (χ1v) is 14.8. The van der Waals surface area contributed by atoms with E-state index in [-0.39, 0.29) is 35.2 Å². The van der Waals surface area contributed by atoms with Crippen LogP contribution in [0.25, 0.3) is 0 Å². The fraction of sp³-hybridized carbons (Fsp3) is 0.500. The number of hydrogen-bond acceptors (Lipinski definition) is 4. The van der Waals surface area contributed by atoms with Crippen LogP contribution in [0.2, 0.25) is 0 Å². The molecule has 1 aromatic heterocycles. The number of halogens is 3. The molecule has 7 rings (SSSR count). The van der Waals surface area contributed by atoms with Gasteiger partial charge in [0.1, 0.15) is 12.2 Å². The van der Waals surface area contributed by atoms with Crippen LogP contribution in [0.5, 0.6) is 0 Å². The molecule has 0 unspecified atom stereocenters. The SMILES string of the molecule is Cn1cnnc1C1(c2cccc(N3Cc4c(cc(CN(C(=O)O)C5(C)CCC5)cc4C(F)(F)F)C3=O)c2)CC2(CCC2)C1. The van der Waals surface area contributed by atoms with Crippen molar-refractivity contribution in [3.8, 4) is 0 Å². The molecule has 1 spiro atoms. The average Bonchev–Trinajstić information content (AvgIpc) is 3.47. The lowest BCUT2D eigenvalue weighted by molar-refractivity contribution is -0.138. The summed E-state index contributed by atoms with van der Waals surface area (Å²) in [6.07, 6.45) is 3.36. The van der Waals surface area contributed by atoms with Crippen molar-refractivity contribution in [3.05, 3.63) is 76.4 Å². The molecule has 3 saturated carbocycles. The second-order valence-electron chi connectivity index (χ2n) is 13.4. The molecule has 3 aromatic rings. The lowest BCUT2D eigenvalue weighted by Crippen LogP contribution is -2.54. The number of carbonyl (C=O) groups excluding carboxylic acids is 1. The molecule has 2 heterocycles. The minimum atomic E-state index is -4.70. The summed E-state index contributed by atoms with van der Waals surface area (Å²) >= 11 is 0. The molecule has 2 aromatic carbocycles. The number of aryl methyl sites for hydroxylation is 1. The molecule has 0 atom stereocenters. The van der Waals surface area contributed by atoms with Crippen molar-refractivity contribution < 1.29 is 27.9 Å². The van der Waals surface area contributed by atoms with Gasteiger partial charge in [0.25, 0.3) is 5.91 Å². The highest BCUT2D eigenvalue weighted by atomic mass is 19.4. The van der Waals surface area contributed by atoms with Crippen LogP contribution in [0, 0.1) is 5.41 Å². The van der Waals surface area contributed by atoms with Gasteiger partial charge in [0, 0.05) is 30.4 Å². The minimum Gasteiger partial charge on any atom is -0.465 e. The van der Waals surface area contributed by atoms with Gasteiger partial charge in [-0.25, -0.2) is 4.79 Å². The van der Waals surface area contributed by atoms with Crippen molar-refractivity contribution in [2.24, 2.45) is 12.5 Å². The molecule has 11 heteroatoms. The van der Waals surface area contributed by atoms with E-state index in [1.54, 1.807) is 12.4 Å². The molecular formula is C32H34F3N5O3. The molecule has 226 valence electrons. The molecule has 1 N–H and O–H groups in total. The molecule has 0 radical (unpaired) electrons. The van der Waals surface area contributed by atoms with E-state index in [9.17, 15) is 27.9 Å². The number of nitrogens with zero attached hydrogens (tertiary/aromatic N) is 5. The van der Waals surface area contributed by atoms with E-state index >= 15 is 0 Å². The van der Waals surface area contributed by atoms with Gasteiger partial charge >= 0.3 is 12.3 Å². The summed E-state index contributed by atoms with van der Waals surface area (Å²) in [5.41, 5.74) is -0.0477. The summed E-state index contributed by atoms with van der Waals surface area (Å²) in [6.45, 7) is 1.38. The number of fused-ring (bicyclic) bond motifs is 1. The third kappa shape index (κ3) is 4.25. The highest BCUT2D eigenvalue weighted by Crippen LogP contribution is 2.67. The second-order valence-corrected chi connectivity index (χ2v) is 13.4. The fourth-order valence-corrected chi connectivity index (χ4v) is 8.09. The lowest BCUT2D eigenvalue weighted by atomic mass is 9.43. The van der Waals surface area contributed by atoms with Crippen LogP contribution in [-0.2, 0) is 31.7 Å². The number of rotatable bonds is 6. The van der Waals surface area contributed by atoms with Gasteiger partial charge in [-0.3, -0.25) is 9.69 Å². The van der Waals surface area contributed by atoms with Crippen molar-refractivity contribution in [2.45, 2.75) is 88.5 Å². The first-order chi connectivity index (χ1) is 20.3. The highest BCUT2D eigenvalue weighted by Gasteiger charge is 2.60. The standard InChI is InChI=1S/C32H34F3N5O3/c1-29(8-4-9-29)40(28(42)43)15-20-12-23-24(25(13-20)32(33,34)35)16-39(26(23)41)22-7-3-6-21(14-22)31(27-37-36-19-38(27)2)17-30(18-31)10-5-11-30/h3,6-7,12-14,19H,4-5,8-11,15-18H2,1-2H3,(H,42,43). The maximum atomic E-state index is 14.4. The smallest absolute Gasteiger partial charge is 0.416 e. The summed E-state index contributed by atoms with van der Waals surface area (Å²) in [7, 11) is 1.92. The number of amides is 2. The molecule has 0 bridgehead atoms. The zero-order valence-electron chi connectivity index (χ0n) is 24.2. The fourth-order valence-electron chi connectivity index (χ4n) is 8.09. The average molecular weight is 594 g/mol. The summed E-state index contributed by atoms with van der Waals surface area (Å²) in [4.78, 5) is 28.5. The van der Waals surface area contributed by atoms with Gasteiger partial charge in [0.05, 0.1) is 17.5 Å². The maximum Gasteiger partial charge on any atom is 0.416 e. The number of hydrogen-bond donors (Lipinski definition) is 1. The number of aromatic nitrogens is 3. The monoisotopic (exact) mass is 593 g/mol. The summed E-state index contributed by atoms with van der Waals surface area (Å²) in [6, 6.07) is 10.00. The van der Waals surface area contributed by atoms with Crippen LogP contribution in [0.3, 0.4) is 0 Å². The van der Waals surface area contributed by atoms with Gasteiger partial charge in [-0.05, 0) is 98.2 Å². The minimum absolute atomic E-state index is 0.0283. The van der Waals surface area contributed by atoms with Crippen molar-refractivity contribution in [2.75, 3.05) is 4.90 Å². The molecule has 0 saturated heterocycles. The molecule has 2 amide bonds. The summed E-state index contributed by atoms with van der Waals surface area (Å²) in [5.74, 6) is 0.332. The van der Waals surface area contributed by atoms with E-state index in [2.05, 4.69) is 10.2 Å². The van der Waals surface area contributed by atoms with Gasteiger partial charge in [-0.15, -0.1) is 10.2 Å². The lowest BCUT2D eigenvalue weighted by Gasteiger charge is -2.60. The van der Waals surface area contributed by atoms with Gasteiger partial charge in [0.2, 0.25) is 0 Å². The number of alkyl halides is 3. The Labute approximate surface area is 247 Å². The predicted molar refractivity (Wildman–Crippen MR) is 152 cm³/mol. The topological polar surface area (TPSA) is 91.6 Å². The third-order valence-electron chi connectivity index (χ3n) is 10.7. The van der Waals surface area contributed by atoms with E-state index in [1.807, 2.05) is 36.7 Å². The number of carbonyl (C=O) groups is 2. The van der Waals surface area contributed by atoms with Crippen molar-refractivity contribution in [1.82, 2.24) is 19.7 Å². The van der Waals surface area contributed by atoms with E-state index in [4.69, 9.17) is 0 Å². The largest absolute Gasteiger partial charge is 0.465 e. The Morgan fingerprint density at radius 3 is 2.37 bits per heavy atom. The second kappa shape index (κ2) is 9.30. The van der Waals surface area contributed by atoms with Gasteiger partial charge < -0.3 is 14.6 Å². The first kappa shape index (κ1) is 27.9. The summed E-state index contributed by atoms with van der Waals surface area (Å²) < 4.78 is 45.1. The van der Waals surface area contributed by atoms with E-state index in [0.717, 1.165) is 36.7 Å². The Bertz CT molecular complexity index is 1630. The van der Waals surface area contributed by atoms with Gasteiger partial charge in [0.15, 0.2) is 0 Å². The Morgan fingerprint density at radius 2 is 1.81 bits per heavy atom. The highest BCUT2D eigenvalue weighted by molar-refractivity contribution is 6.10. The van der Waals surface area contributed by atoms with Crippen LogP contribution < -0.4 is 4.90 Å². The predicted octanol–water partition coefficient (Wildman–Crippen LogP) is 6.67. The van der Waals surface area contributed by atoms with Crippen LogP contribution in [0.1, 0.15) is 96.7 Å². The van der Waals surface area contributed by atoms with Crippen LogP contribution in [0.4, 0.5) is 23.7 Å². The molecular weight excluding hydrogens is 559 g/mol. The molecule has 8 nitrogen and oxygen atoms in total. The Balaban J connectivity index is 1.24. The molecule has 4 aliphatic rings. The Morgan fingerprint density at radius 1 is 1.09 bits per heavy atom. The number of anilines is 1. The van der Waals surface area contributed by atoms with Crippen LogP contribution in [-0.4, -0.2) is 42.3 Å². The van der Waals surface area contributed by atoms with Crippen molar-refractivity contribution in [1.29, 1.82) is 0 Å². The van der Waals surface area contributed by atoms with E-state index < -0.39 is 29.3 Å². The molecule has 3 aliphatic carbocycles. The molecule has 1 aliphatic heterocycles. The zero-order chi connectivity index (χ0) is 30.4. The first-order valence-electron chi connectivity index (χ1n) is 14.8. The number of benzene rings is 2. The zero-order valence-corrected chi connectivity index (χ0v) is 24.2. The van der Waals surface area contributed by atoms with Crippen molar-refractivity contribution >= 4 is 17.7 Å². The van der Waals surface area contributed by atoms with E-state index in [1.165, 1.54) is 35.1 Å². The molecule has 43 heavy (non-hydrogen) atoms. The van der Waals surface area contributed by atoms with Crippen LogP contribution >= 0.6 is 0 Å². The third-order valence-corrected chi connectivity index (χ3v) is 10.7. The quantitative estimate of drug-likeness (QED) is 0.345. The summed E-state index contributed by atoms with van der Waals surface area (Å²) in [5, 5.41) is 18.5. The molecule has 3 fully saturated rings. The van der Waals surface area contributed by atoms with Gasteiger partial charge in [-0.2, -0.15) is 13.2 Å². The van der Waals surface area contributed by atoms with E-state index in [0.29, 0.717) is 23.9 Å². The number of carboxylic acid groups (broad SMARTS) is 1.